The second-order valence-electron chi connectivity index (χ2n) is 2.10. The van der Waals surface area contributed by atoms with Crippen molar-refractivity contribution >= 4 is 12.0 Å². The zero-order valence-corrected chi connectivity index (χ0v) is 10.1. The summed E-state index contributed by atoms with van der Waals surface area (Å²) in [7, 11) is 1.32. The minimum Gasteiger partial charge on any atom is -0.480 e. The van der Waals surface area contributed by atoms with E-state index in [0.717, 1.165) is 5.56 Å². The summed E-state index contributed by atoms with van der Waals surface area (Å²) >= 11 is 0. The molecule has 65 valence electrons. The molecule has 0 amide bonds. The fourth-order valence-electron chi connectivity index (χ4n) is 0.693. The average Bonchev–Trinajstić information content (AvgIpc) is 2.16. The predicted molar refractivity (Wildman–Crippen MR) is 45.0 cm³/mol. The topological polar surface area (TPSA) is 26.3 Å². The van der Waals surface area contributed by atoms with Gasteiger partial charge >= 0.3 is 0 Å². The standard InChI is InChI=1S/C10H8O2.Y/c1-12-10(11)8-7-9-5-3-2-4-6-9;/h2-5,7H,1H3;/q-2;. The Bertz CT molecular complexity index is 280. The normalized spacial score (nSPS) is 9.31. The van der Waals surface area contributed by atoms with E-state index in [0.29, 0.717) is 0 Å². The van der Waals surface area contributed by atoms with Crippen molar-refractivity contribution in [2.24, 2.45) is 0 Å². The number of methoxy groups -OCH3 is 1. The van der Waals surface area contributed by atoms with Gasteiger partial charge in [0.25, 0.3) is 0 Å². The van der Waals surface area contributed by atoms with Crippen LogP contribution in [0, 0.1) is 12.1 Å². The SMILES string of the molecule is COC(=O)[C-]=Cc1[c-]cccc1.[Y]. The smallest absolute Gasteiger partial charge is 0.228 e. The molecule has 0 saturated carbocycles. The van der Waals surface area contributed by atoms with Crippen molar-refractivity contribution in [2.75, 3.05) is 7.11 Å². The second-order valence-corrected chi connectivity index (χ2v) is 2.10. The van der Waals surface area contributed by atoms with Gasteiger partial charge in [-0.3, -0.25) is 4.79 Å². The van der Waals surface area contributed by atoms with E-state index in [1.807, 2.05) is 18.2 Å². The van der Waals surface area contributed by atoms with Gasteiger partial charge in [0.1, 0.15) is 0 Å². The Labute approximate surface area is 103 Å². The molecule has 2 nitrogen and oxygen atoms in total. The van der Waals surface area contributed by atoms with Crippen molar-refractivity contribution < 1.29 is 42.2 Å². The van der Waals surface area contributed by atoms with E-state index in [9.17, 15) is 4.79 Å². The molecular weight excluding hydrogens is 241 g/mol. The summed E-state index contributed by atoms with van der Waals surface area (Å²) in [6.45, 7) is 0. The monoisotopic (exact) mass is 249 g/mol. The van der Waals surface area contributed by atoms with Gasteiger partial charge in [-0.05, 0) is 0 Å². The molecule has 0 spiro atoms. The first kappa shape index (κ1) is 12.5. The molecule has 1 aromatic rings. The zero-order chi connectivity index (χ0) is 8.81. The number of ether oxygens (including phenoxy) is 1. The first-order valence-electron chi connectivity index (χ1n) is 3.47. The van der Waals surface area contributed by atoms with Crippen molar-refractivity contribution in [1.82, 2.24) is 0 Å². The van der Waals surface area contributed by atoms with Gasteiger partial charge in [0.2, 0.25) is 5.97 Å². The number of carbonyl (C=O) groups is 1. The molecule has 0 saturated heterocycles. The predicted octanol–water partition coefficient (Wildman–Crippen LogP) is 1.47. The van der Waals surface area contributed by atoms with Gasteiger partial charge in [0, 0.05) is 32.7 Å². The Morgan fingerprint density at radius 2 is 2.38 bits per heavy atom. The molecule has 1 rings (SSSR count). The van der Waals surface area contributed by atoms with E-state index < -0.39 is 5.97 Å². The molecule has 0 atom stereocenters. The van der Waals surface area contributed by atoms with Crippen LogP contribution in [0.2, 0.25) is 0 Å². The van der Waals surface area contributed by atoms with Crippen molar-refractivity contribution in [3.05, 3.63) is 42.0 Å². The third-order valence-corrected chi connectivity index (χ3v) is 1.26. The Morgan fingerprint density at radius 1 is 1.62 bits per heavy atom. The molecule has 0 aliphatic rings. The first-order chi connectivity index (χ1) is 5.83. The number of carbonyl (C=O) groups excluding carboxylic acids is 1. The molecule has 0 fully saturated rings. The summed E-state index contributed by atoms with van der Waals surface area (Å²) in [6.07, 6.45) is 3.96. The zero-order valence-electron chi connectivity index (χ0n) is 7.28. The van der Waals surface area contributed by atoms with E-state index in [1.54, 1.807) is 6.07 Å². The van der Waals surface area contributed by atoms with Gasteiger partial charge in [-0.2, -0.15) is 12.1 Å². The van der Waals surface area contributed by atoms with Crippen molar-refractivity contribution in [3.8, 4) is 0 Å². The molecular formula is C10H8O2Y-2. The van der Waals surface area contributed by atoms with Crippen molar-refractivity contribution in [2.45, 2.75) is 0 Å². The van der Waals surface area contributed by atoms with Gasteiger partial charge < -0.3 is 16.4 Å². The van der Waals surface area contributed by atoms with Crippen LogP contribution in [0.1, 0.15) is 5.56 Å². The maximum absolute atomic E-state index is 10.6. The molecule has 0 unspecified atom stereocenters. The van der Waals surface area contributed by atoms with Gasteiger partial charge in [0.15, 0.2) is 0 Å². The maximum atomic E-state index is 10.6. The van der Waals surface area contributed by atoms with Gasteiger partial charge in [-0.25, -0.2) is 18.2 Å². The first-order valence-corrected chi connectivity index (χ1v) is 3.47. The Hall–Kier alpha value is -0.466. The van der Waals surface area contributed by atoms with Crippen LogP contribution in [0.4, 0.5) is 0 Å². The van der Waals surface area contributed by atoms with Crippen LogP contribution < -0.4 is 0 Å². The third-order valence-electron chi connectivity index (χ3n) is 1.26. The summed E-state index contributed by atoms with van der Waals surface area (Å²) in [5.41, 5.74) is 0.808. The summed E-state index contributed by atoms with van der Waals surface area (Å²) in [4.78, 5) is 10.6. The molecule has 1 radical (unpaired) electrons. The molecule has 0 N–H and O–H groups in total. The van der Waals surface area contributed by atoms with Crippen LogP contribution in [0.15, 0.2) is 24.3 Å². The maximum Gasteiger partial charge on any atom is 0.228 e. The van der Waals surface area contributed by atoms with E-state index >= 15 is 0 Å². The van der Waals surface area contributed by atoms with E-state index in [-0.39, 0.29) is 32.7 Å². The summed E-state index contributed by atoms with van der Waals surface area (Å²) in [6, 6.07) is 10.2. The molecule has 0 aliphatic carbocycles. The van der Waals surface area contributed by atoms with Crippen LogP contribution in [-0.2, 0) is 42.2 Å². The molecule has 3 heteroatoms. The molecule has 13 heavy (non-hydrogen) atoms. The minimum atomic E-state index is -0.479. The molecule has 0 bridgehead atoms. The number of rotatable bonds is 2. The molecule has 0 aliphatic heterocycles. The Kier molecular flexibility index (Phi) is 6.74. The van der Waals surface area contributed by atoms with Crippen molar-refractivity contribution in [1.29, 1.82) is 0 Å². The fourth-order valence-corrected chi connectivity index (χ4v) is 0.693. The Balaban J connectivity index is 0.00000144. The van der Waals surface area contributed by atoms with Crippen LogP contribution >= 0.6 is 0 Å². The van der Waals surface area contributed by atoms with Crippen LogP contribution in [0.3, 0.4) is 0 Å². The van der Waals surface area contributed by atoms with Crippen LogP contribution in [0.25, 0.3) is 6.08 Å². The summed E-state index contributed by atoms with van der Waals surface area (Å²) in [5.74, 6) is -0.479. The molecule has 0 aromatic heterocycles. The average molecular weight is 249 g/mol. The van der Waals surface area contributed by atoms with Crippen molar-refractivity contribution in [3.63, 3.8) is 0 Å². The minimum absolute atomic E-state index is 0. The summed E-state index contributed by atoms with van der Waals surface area (Å²) < 4.78 is 4.38. The van der Waals surface area contributed by atoms with Gasteiger partial charge in [-0.15, -0.1) is 6.07 Å². The van der Waals surface area contributed by atoms with Crippen LogP contribution in [0.5, 0.6) is 0 Å². The second kappa shape index (κ2) is 6.99. The summed E-state index contributed by atoms with van der Waals surface area (Å²) in [5, 5.41) is 0. The number of esters is 1. The van der Waals surface area contributed by atoms with E-state index in [1.165, 1.54) is 13.2 Å². The Morgan fingerprint density at radius 3 is 2.92 bits per heavy atom. The quantitative estimate of drug-likeness (QED) is 0.450. The number of benzene rings is 1. The van der Waals surface area contributed by atoms with Gasteiger partial charge in [0.05, 0.1) is 7.11 Å². The van der Waals surface area contributed by atoms with E-state index in [2.05, 4.69) is 16.9 Å². The third kappa shape index (κ3) is 4.96. The molecule has 0 heterocycles. The fraction of sp³-hybridized carbons (Fsp3) is 0.100. The number of hydrogen-bond acceptors (Lipinski definition) is 2. The van der Waals surface area contributed by atoms with Crippen LogP contribution in [-0.4, -0.2) is 13.1 Å². The molecule has 1 aromatic carbocycles. The largest absolute Gasteiger partial charge is 0.480 e. The van der Waals surface area contributed by atoms with E-state index in [4.69, 9.17) is 0 Å². The number of hydrogen-bond donors (Lipinski definition) is 0. The van der Waals surface area contributed by atoms with Gasteiger partial charge in [-0.1, -0.05) is 0 Å².